The summed E-state index contributed by atoms with van der Waals surface area (Å²) in [6, 6.07) is 16.0. The van der Waals surface area contributed by atoms with Gasteiger partial charge in [0.05, 0.1) is 19.1 Å². The van der Waals surface area contributed by atoms with Gasteiger partial charge in [0.1, 0.15) is 0 Å². The summed E-state index contributed by atoms with van der Waals surface area (Å²) in [6.45, 7) is 1.74. The van der Waals surface area contributed by atoms with Crippen LogP contribution in [0.3, 0.4) is 0 Å². The maximum Gasteiger partial charge on any atom is 0.166 e. The molecule has 0 aliphatic heterocycles. The fourth-order valence-corrected chi connectivity index (χ4v) is 3.76. The van der Waals surface area contributed by atoms with Gasteiger partial charge >= 0.3 is 0 Å². The Balaban J connectivity index is 1.82. The molecule has 164 valence electrons. The Bertz CT molecular complexity index is 902. The molecule has 1 aliphatic rings. The van der Waals surface area contributed by atoms with E-state index < -0.39 is 0 Å². The van der Waals surface area contributed by atoms with Crippen molar-refractivity contribution in [3.63, 3.8) is 0 Å². The van der Waals surface area contributed by atoms with Crippen molar-refractivity contribution < 1.29 is 9.47 Å². The molecule has 2 aromatic rings. The molecule has 0 bridgehead atoms. The van der Waals surface area contributed by atoms with Crippen molar-refractivity contribution in [3.8, 4) is 23.3 Å². The number of nitrogens with one attached hydrogen (secondary N) is 2. The largest absolute Gasteiger partial charge is 0.493 e. The van der Waals surface area contributed by atoms with Crippen LogP contribution in [0.5, 0.6) is 11.5 Å². The second kappa shape index (κ2) is 12.2. The van der Waals surface area contributed by atoms with Crippen LogP contribution in [0.15, 0.2) is 48.5 Å². The molecular weight excluding hydrogens is 406 g/mol. The SMILES string of the molecule is COc1ccc(C(C#Cc2ccccc2)CNC(=S)NCCN)cc1OC1CCCC1. The van der Waals surface area contributed by atoms with E-state index in [1.807, 2.05) is 42.5 Å². The van der Waals surface area contributed by atoms with Gasteiger partial charge in [0.2, 0.25) is 0 Å². The van der Waals surface area contributed by atoms with Crippen molar-refractivity contribution >= 4 is 17.3 Å². The van der Waals surface area contributed by atoms with Crippen molar-refractivity contribution in [2.24, 2.45) is 5.73 Å². The molecule has 2 aromatic carbocycles. The summed E-state index contributed by atoms with van der Waals surface area (Å²) in [5.41, 5.74) is 7.59. The molecule has 1 saturated carbocycles. The van der Waals surface area contributed by atoms with Gasteiger partial charge in [-0.15, -0.1) is 0 Å². The first-order valence-corrected chi connectivity index (χ1v) is 11.2. The standard InChI is InChI=1S/C25H31N3O2S/c1-29-23-14-13-20(17-24(23)30-22-9-5-6-10-22)21(18-28-25(31)27-16-15-26)12-11-19-7-3-2-4-8-19/h2-4,7-8,13-14,17,21-22H,5-6,9-10,15-16,18,26H2,1H3,(H2,27,28,31). The van der Waals surface area contributed by atoms with Crippen LogP contribution in [0.2, 0.25) is 0 Å². The summed E-state index contributed by atoms with van der Waals surface area (Å²) in [4.78, 5) is 0. The third-order valence-corrected chi connectivity index (χ3v) is 5.54. The van der Waals surface area contributed by atoms with Crippen molar-refractivity contribution in [3.05, 3.63) is 59.7 Å². The predicted molar refractivity (Wildman–Crippen MR) is 130 cm³/mol. The summed E-state index contributed by atoms with van der Waals surface area (Å²) in [6.07, 6.45) is 4.87. The van der Waals surface area contributed by atoms with E-state index in [0.29, 0.717) is 24.7 Å². The smallest absolute Gasteiger partial charge is 0.166 e. The normalized spacial score (nSPS) is 14.3. The summed E-state index contributed by atoms with van der Waals surface area (Å²) in [5.74, 6) is 8.14. The number of thiocarbonyl (C=S) groups is 1. The molecule has 1 aliphatic carbocycles. The maximum atomic E-state index is 6.28. The van der Waals surface area contributed by atoms with Gasteiger partial charge in [0.25, 0.3) is 0 Å². The van der Waals surface area contributed by atoms with E-state index in [0.717, 1.165) is 35.5 Å². The summed E-state index contributed by atoms with van der Waals surface area (Å²) in [7, 11) is 1.67. The van der Waals surface area contributed by atoms with Crippen LogP contribution < -0.4 is 25.8 Å². The third-order valence-electron chi connectivity index (χ3n) is 5.25. The first-order valence-electron chi connectivity index (χ1n) is 10.8. The molecule has 0 spiro atoms. The van der Waals surface area contributed by atoms with Crippen LogP contribution in [0.1, 0.15) is 42.7 Å². The monoisotopic (exact) mass is 437 g/mol. The Hall–Kier alpha value is -2.75. The lowest BCUT2D eigenvalue weighted by Crippen LogP contribution is -2.39. The van der Waals surface area contributed by atoms with Crippen molar-refractivity contribution in [1.82, 2.24) is 10.6 Å². The van der Waals surface area contributed by atoms with E-state index in [-0.39, 0.29) is 12.0 Å². The Morgan fingerprint density at radius 2 is 1.90 bits per heavy atom. The minimum absolute atomic E-state index is 0.0744. The molecule has 0 radical (unpaired) electrons. The number of ether oxygens (including phenoxy) is 2. The van der Waals surface area contributed by atoms with Gasteiger partial charge in [-0.05, 0) is 67.7 Å². The van der Waals surface area contributed by atoms with Crippen molar-refractivity contribution in [2.75, 3.05) is 26.7 Å². The summed E-state index contributed by atoms with van der Waals surface area (Å²) >= 11 is 5.36. The minimum atomic E-state index is -0.0744. The topological polar surface area (TPSA) is 68.5 Å². The zero-order valence-electron chi connectivity index (χ0n) is 18.0. The molecule has 3 rings (SSSR count). The molecule has 31 heavy (non-hydrogen) atoms. The van der Waals surface area contributed by atoms with Gasteiger partial charge in [0, 0.05) is 25.2 Å². The van der Waals surface area contributed by atoms with Gasteiger partial charge in [0.15, 0.2) is 16.6 Å². The van der Waals surface area contributed by atoms with Gasteiger partial charge in [-0.3, -0.25) is 0 Å². The molecule has 5 nitrogen and oxygen atoms in total. The van der Waals surface area contributed by atoms with Crippen LogP contribution in [0.4, 0.5) is 0 Å². The summed E-state index contributed by atoms with van der Waals surface area (Å²) < 4.78 is 11.8. The lowest BCUT2D eigenvalue weighted by atomic mass is 9.98. The number of hydrogen-bond donors (Lipinski definition) is 3. The highest BCUT2D eigenvalue weighted by molar-refractivity contribution is 7.80. The molecule has 4 N–H and O–H groups in total. The number of nitrogens with two attached hydrogens (primary N) is 1. The predicted octanol–water partition coefficient (Wildman–Crippen LogP) is 3.57. The van der Waals surface area contributed by atoms with E-state index in [1.54, 1.807) is 7.11 Å². The Kier molecular flexibility index (Phi) is 9.01. The molecule has 0 heterocycles. The first kappa shape index (κ1) is 22.9. The minimum Gasteiger partial charge on any atom is -0.493 e. The van der Waals surface area contributed by atoms with Crippen LogP contribution in [-0.2, 0) is 0 Å². The van der Waals surface area contributed by atoms with Crippen LogP contribution in [0.25, 0.3) is 0 Å². The van der Waals surface area contributed by atoms with E-state index >= 15 is 0 Å². The molecule has 1 unspecified atom stereocenters. The van der Waals surface area contributed by atoms with E-state index in [1.165, 1.54) is 12.8 Å². The van der Waals surface area contributed by atoms with E-state index in [9.17, 15) is 0 Å². The summed E-state index contributed by atoms with van der Waals surface area (Å²) in [5, 5.41) is 6.93. The number of methoxy groups -OCH3 is 1. The van der Waals surface area contributed by atoms with Crippen LogP contribution in [0, 0.1) is 11.8 Å². The fraction of sp³-hybridized carbons (Fsp3) is 0.400. The maximum absolute atomic E-state index is 6.28. The Labute approximate surface area is 190 Å². The van der Waals surface area contributed by atoms with Gasteiger partial charge in [-0.1, -0.05) is 36.1 Å². The van der Waals surface area contributed by atoms with Gasteiger partial charge < -0.3 is 25.8 Å². The van der Waals surface area contributed by atoms with Crippen LogP contribution >= 0.6 is 12.2 Å². The third kappa shape index (κ3) is 7.16. The van der Waals surface area contributed by atoms with Crippen molar-refractivity contribution in [2.45, 2.75) is 37.7 Å². The number of hydrogen-bond acceptors (Lipinski definition) is 4. The molecule has 6 heteroatoms. The van der Waals surface area contributed by atoms with E-state index in [2.05, 4.69) is 28.5 Å². The average Bonchev–Trinajstić information content (AvgIpc) is 3.31. The molecule has 0 saturated heterocycles. The van der Waals surface area contributed by atoms with Gasteiger partial charge in [-0.2, -0.15) is 0 Å². The lowest BCUT2D eigenvalue weighted by molar-refractivity contribution is 0.200. The molecular formula is C25H31N3O2S. The molecule has 1 atom stereocenters. The first-order chi connectivity index (χ1) is 15.2. The second-order valence-electron chi connectivity index (χ2n) is 7.55. The molecule has 1 fully saturated rings. The fourth-order valence-electron chi connectivity index (χ4n) is 3.58. The van der Waals surface area contributed by atoms with E-state index in [4.69, 9.17) is 27.4 Å². The van der Waals surface area contributed by atoms with Crippen LogP contribution in [-0.4, -0.2) is 38.0 Å². The second-order valence-corrected chi connectivity index (χ2v) is 7.96. The highest BCUT2D eigenvalue weighted by Crippen LogP contribution is 2.34. The molecule has 0 amide bonds. The number of rotatable bonds is 8. The highest BCUT2D eigenvalue weighted by atomic mass is 32.1. The highest BCUT2D eigenvalue weighted by Gasteiger charge is 2.20. The zero-order chi connectivity index (χ0) is 21.9. The average molecular weight is 438 g/mol. The molecule has 0 aromatic heterocycles. The van der Waals surface area contributed by atoms with Crippen molar-refractivity contribution in [1.29, 1.82) is 0 Å². The Morgan fingerprint density at radius 3 is 2.61 bits per heavy atom. The quantitative estimate of drug-likeness (QED) is 0.433. The van der Waals surface area contributed by atoms with Gasteiger partial charge in [-0.25, -0.2) is 0 Å². The lowest BCUT2D eigenvalue weighted by Gasteiger charge is -2.19. The zero-order valence-corrected chi connectivity index (χ0v) is 18.8. The Morgan fingerprint density at radius 1 is 1.13 bits per heavy atom. The number of benzene rings is 2.